The second-order valence-corrected chi connectivity index (χ2v) is 14.5. The van der Waals surface area contributed by atoms with Gasteiger partial charge in [-0.25, -0.2) is 0 Å². The van der Waals surface area contributed by atoms with Crippen LogP contribution in [-0.2, 0) is 4.79 Å². The minimum Gasteiger partial charge on any atom is -0.504 e. The van der Waals surface area contributed by atoms with Crippen LogP contribution < -0.4 is 0 Å². The smallest absolute Gasteiger partial charge is 0.223 e. The SMILES string of the molecule is O=C[C@@](O)(C(=O)c1cc(O)c(O)c(O)c1)[C@](O)(C(=O)c1cc(O)c(O)c(O)c1)[C@@](O)(C(=O)c1cc(O)c(O)c(O)c1)[C@@](O)(C(=O)c1cc(O)c(O)c(O)c1)[C@@H](O)C(=O)c1cc(O)c(O)c(O)c1. The van der Waals surface area contributed by atoms with Crippen molar-refractivity contribution in [2.75, 3.05) is 0 Å². The topological polar surface area (TPSA) is 507 Å². The number of carbonyl (C=O) groups is 6. The van der Waals surface area contributed by atoms with Gasteiger partial charge in [0.1, 0.15) is 0 Å². The minimum absolute atomic E-state index is 0.00311. The maximum absolute atomic E-state index is 15.3. The molecule has 0 aromatic heterocycles. The highest BCUT2D eigenvalue weighted by atomic mass is 16.4. The maximum Gasteiger partial charge on any atom is 0.223 e. The van der Waals surface area contributed by atoms with Crippen LogP contribution in [-0.4, -0.2) is 166 Å². The van der Waals surface area contributed by atoms with E-state index < -0.39 is 178 Å². The van der Waals surface area contributed by atoms with Crippen molar-refractivity contribution in [3.8, 4) is 86.2 Å². The molecule has 0 amide bonds. The molecule has 352 valence electrons. The van der Waals surface area contributed by atoms with E-state index in [1.54, 1.807) is 0 Å². The van der Waals surface area contributed by atoms with Gasteiger partial charge in [-0.05, 0) is 60.7 Å². The highest BCUT2D eigenvalue weighted by Gasteiger charge is 2.82. The summed E-state index contributed by atoms with van der Waals surface area (Å²) in [6, 6.07) is 0.158. The number of aromatic hydroxyl groups is 15. The predicted octanol–water partition coefficient (Wildman–Crippen LogP) is -1.53. The lowest BCUT2D eigenvalue weighted by Crippen LogP contribution is -2.86. The zero-order valence-electron chi connectivity index (χ0n) is 32.8. The van der Waals surface area contributed by atoms with E-state index in [1.807, 2.05) is 0 Å². The molecule has 0 bridgehead atoms. The molecule has 0 radical (unpaired) electrons. The molecule has 0 spiro atoms. The number of phenolic OH excluding ortho intramolecular Hbond substituents is 15. The molecule has 5 atom stereocenters. The number of hydrogen-bond donors (Lipinski definition) is 20. The van der Waals surface area contributed by atoms with E-state index in [0.29, 0.717) is 0 Å². The largest absolute Gasteiger partial charge is 0.504 e. The Morgan fingerprint density at radius 3 is 0.851 bits per heavy atom. The molecular formula is C41H32O26. The van der Waals surface area contributed by atoms with E-state index in [4.69, 9.17) is 0 Å². The van der Waals surface area contributed by atoms with Gasteiger partial charge in [0.15, 0.2) is 104 Å². The summed E-state index contributed by atoms with van der Waals surface area (Å²) in [5.41, 5.74) is -30.5. The third kappa shape index (κ3) is 7.15. The monoisotopic (exact) mass is 940 g/mol. The van der Waals surface area contributed by atoms with Crippen molar-refractivity contribution in [1.82, 2.24) is 0 Å². The highest BCUT2D eigenvalue weighted by Crippen LogP contribution is 2.52. The predicted molar refractivity (Wildman–Crippen MR) is 211 cm³/mol. The molecule has 0 saturated carbocycles. The zero-order valence-corrected chi connectivity index (χ0v) is 32.8. The molecule has 26 nitrogen and oxygen atoms in total. The van der Waals surface area contributed by atoms with E-state index in [-0.39, 0.29) is 60.7 Å². The average molecular weight is 941 g/mol. The average Bonchev–Trinajstić information content (AvgIpc) is 3.28. The van der Waals surface area contributed by atoms with Crippen molar-refractivity contribution in [2.45, 2.75) is 28.5 Å². The van der Waals surface area contributed by atoms with E-state index in [2.05, 4.69) is 0 Å². The fourth-order valence-corrected chi connectivity index (χ4v) is 6.91. The van der Waals surface area contributed by atoms with E-state index in [0.717, 1.165) is 0 Å². The molecule has 0 fully saturated rings. The van der Waals surface area contributed by atoms with Crippen LogP contribution in [0.3, 0.4) is 0 Å². The van der Waals surface area contributed by atoms with Crippen LogP contribution in [0.15, 0.2) is 60.7 Å². The van der Waals surface area contributed by atoms with E-state index >= 15 is 14.4 Å². The molecule has 0 aliphatic rings. The molecule has 0 aliphatic heterocycles. The summed E-state index contributed by atoms with van der Waals surface area (Å²) < 4.78 is 0. The summed E-state index contributed by atoms with van der Waals surface area (Å²) in [5, 5.41) is 217. The van der Waals surface area contributed by atoms with Crippen molar-refractivity contribution in [3.05, 3.63) is 88.5 Å². The van der Waals surface area contributed by atoms with Crippen molar-refractivity contribution in [2.24, 2.45) is 0 Å². The van der Waals surface area contributed by atoms with Crippen LogP contribution in [0.5, 0.6) is 86.2 Å². The first-order valence-electron chi connectivity index (χ1n) is 17.9. The first-order chi connectivity index (χ1) is 30.9. The number of rotatable bonds is 15. The van der Waals surface area contributed by atoms with Crippen molar-refractivity contribution >= 4 is 35.2 Å². The fourth-order valence-electron chi connectivity index (χ4n) is 6.91. The van der Waals surface area contributed by atoms with Crippen LogP contribution in [0.4, 0.5) is 0 Å². The van der Waals surface area contributed by atoms with Crippen LogP contribution in [0, 0.1) is 0 Å². The summed E-state index contributed by atoms with van der Waals surface area (Å²) in [6.07, 6.45) is -5.52. The Bertz CT molecular complexity index is 2860. The molecule has 0 saturated heterocycles. The Morgan fingerprint density at radius 2 is 0.582 bits per heavy atom. The first kappa shape index (κ1) is 48.9. The van der Waals surface area contributed by atoms with E-state index in [9.17, 15) is 117 Å². The van der Waals surface area contributed by atoms with Gasteiger partial charge in [0.25, 0.3) is 0 Å². The Hall–Kier alpha value is -9.08. The number of hydrogen-bond acceptors (Lipinski definition) is 26. The summed E-state index contributed by atoms with van der Waals surface area (Å²) in [4.78, 5) is 87.7. The van der Waals surface area contributed by atoms with Gasteiger partial charge in [-0.2, -0.15) is 0 Å². The van der Waals surface area contributed by atoms with E-state index in [1.165, 1.54) is 0 Å². The Morgan fingerprint density at radius 1 is 0.358 bits per heavy atom. The van der Waals surface area contributed by atoms with Crippen LogP contribution >= 0.6 is 0 Å². The Labute approximate surface area is 369 Å². The Kier molecular flexibility index (Phi) is 12.0. The first-order valence-corrected chi connectivity index (χ1v) is 17.9. The number of Topliss-reactive ketones (excluding diaryl/α,β-unsaturated/α-hetero) is 5. The van der Waals surface area contributed by atoms with Crippen LogP contribution in [0.25, 0.3) is 0 Å². The number of benzene rings is 5. The van der Waals surface area contributed by atoms with Gasteiger partial charge in [-0.1, -0.05) is 0 Å². The van der Waals surface area contributed by atoms with Crippen molar-refractivity contribution in [3.63, 3.8) is 0 Å². The third-order valence-corrected chi connectivity index (χ3v) is 10.5. The number of aliphatic hydroxyl groups is 5. The molecule has 26 heteroatoms. The van der Waals surface area contributed by atoms with Gasteiger partial charge in [0, 0.05) is 27.8 Å². The molecule has 5 rings (SSSR count). The van der Waals surface area contributed by atoms with Gasteiger partial charge in [0.2, 0.25) is 45.5 Å². The van der Waals surface area contributed by atoms with Gasteiger partial charge < -0.3 is 102 Å². The second kappa shape index (κ2) is 16.5. The maximum atomic E-state index is 15.3. The lowest BCUT2D eigenvalue weighted by atomic mass is 9.54. The number of phenols is 15. The number of carbonyl (C=O) groups excluding carboxylic acids is 6. The molecule has 0 aliphatic carbocycles. The van der Waals surface area contributed by atoms with Gasteiger partial charge >= 0.3 is 0 Å². The highest BCUT2D eigenvalue weighted by molar-refractivity contribution is 6.26. The molecule has 20 N–H and O–H groups in total. The zero-order chi connectivity index (χ0) is 50.8. The molecule has 5 aromatic carbocycles. The van der Waals surface area contributed by atoms with Gasteiger partial charge in [-0.15, -0.1) is 0 Å². The second-order valence-electron chi connectivity index (χ2n) is 14.5. The quantitative estimate of drug-likeness (QED) is 0.0245. The molecule has 5 aromatic rings. The number of ketones is 5. The number of aliphatic hydroxyl groups excluding tert-OH is 1. The molecule has 0 unspecified atom stereocenters. The molecular weight excluding hydrogens is 908 g/mol. The number of aldehydes is 1. The van der Waals surface area contributed by atoms with Crippen LogP contribution in [0.2, 0.25) is 0 Å². The van der Waals surface area contributed by atoms with Gasteiger partial charge in [-0.3, -0.25) is 28.8 Å². The van der Waals surface area contributed by atoms with Gasteiger partial charge in [0.05, 0.1) is 0 Å². The lowest BCUT2D eigenvalue weighted by molar-refractivity contribution is -0.236. The van der Waals surface area contributed by atoms with Crippen molar-refractivity contribution < 1.29 is 131 Å². The summed E-state index contributed by atoms with van der Waals surface area (Å²) in [6.45, 7) is 0. The molecule has 0 heterocycles. The Balaban J connectivity index is 2.13. The lowest BCUT2D eigenvalue weighted by Gasteiger charge is -2.53. The standard InChI is InChI=1S/C41H32O26/c42-11-38(64,33(59)13-3-19(45)29(55)20(46)4-13)40(66,35(61)15-7-23(49)31(57)24(50)8-15)41(67,36(62)16-9-25(51)32(58)26(52)10-16)39(65,34(60)14-5-21(47)30(56)22(48)6-14)37(63)27(53)12-1-17(43)28(54)18(44)2-12/h1-11,37,43-52,54-58,63-67H/t37-,38+,39+,40+,41+/m0/s1. The summed E-state index contributed by atoms with van der Waals surface area (Å²) in [5.74, 6) is -36.8. The minimum atomic E-state index is -5.83. The van der Waals surface area contributed by atoms with Crippen LogP contribution in [0.1, 0.15) is 51.8 Å². The molecule has 67 heavy (non-hydrogen) atoms. The fraction of sp³-hybridized carbons (Fsp3) is 0.122. The summed E-state index contributed by atoms with van der Waals surface area (Å²) >= 11 is 0. The third-order valence-electron chi connectivity index (χ3n) is 10.5. The summed E-state index contributed by atoms with van der Waals surface area (Å²) in [7, 11) is 0. The van der Waals surface area contributed by atoms with Crippen molar-refractivity contribution in [1.29, 1.82) is 0 Å². The normalized spacial score (nSPS) is 15.4.